The highest BCUT2D eigenvalue weighted by Gasteiger charge is 2.53. The van der Waals surface area contributed by atoms with Crippen molar-refractivity contribution in [2.75, 3.05) is 5.75 Å². The van der Waals surface area contributed by atoms with Crippen molar-refractivity contribution < 1.29 is 19.5 Å². The Morgan fingerprint density at radius 2 is 2.30 bits per heavy atom. The van der Waals surface area contributed by atoms with Crippen LogP contribution in [0.5, 0.6) is 0 Å². The van der Waals surface area contributed by atoms with Gasteiger partial charge >= 0.3 is 5.97 Å². The van der Waals surface area contributed by atoms with Crippen molar-refractivity contribution in [3.05, 3.63) is 33.4 Å². The van der Waals surface area contributed by atoms with E-state index in [2.05, 4.69) is 10.3 Å². The van der Waals surface area contributed by atoms with Gasteiger partial charge < -0.3 is 10.4 Å². The molecule has 0 unspecified atom stereocenters. The normalized spacial score (nSPS) is 23.7. The fourth-order valence-electron chi connectivity index (χ4n) is 2.51. The number of nitrogens with zero attached hydrogens (tertiary/aromatic N) is 2. The molecule has 0 bridgehead atoms. The van der Waals surface area contributed by atoms with E-state index in [1.54, 1.807) is 11.6 Å². The Kier molecular flexibility index (Phi) is 4.22. The summed E-state index contributed by atoms with van der Waals surface area (Å²) in [5, 5.41) is 11.6. The Morgan fingerprint density at radius 3 is 2.91 bits per heavy atom. The Morgan fingerprint density at radius 1 is 1.52 bits per heavy atom. The molecule has 1 aromatic heterocycles. The Balaban J connectivity index is 1.91. The maximum absolute atomic E-state index is 12.1. The van der Waals surface area contributed by atoms with Crippen molar-refractivity contribution in [1.82, 2.24) is 15.2 Å². The molecule has 2 atom stereocenters. The number of nitrogens with one attached hydrogen (secondary N) is 1. The molecule has 23 heavy (non-hydrogen) atoms. The highest BCUT2D eigenvalue weighted by atomic mass is 32.2. The molecule has 9 heteroatoms. The monoisotopic (exact) mass is 351 g/mol. The molecule has 2 N–H and O–H groups in total. The molecule has 0 aromatic carbocycles. The van der Waals surface area contributed by atoms with Crippen molar-refractivity contribution in [3.8, 4) is 0 Å². The Labute approximate surface area is 140 Å². The molecule has 3 rings (SSSR count). The highest BCUT2D eigenvalue weighted by molar-refractivity contribution is 8.00. The molecule has 3 heterocycles. The molecular weight excluding hydrogens is 338 g/mol. The summed E-state index contributed by atoms with van der Waals surface area (Å²) in [5.41, 5.74) is 3.16. The van der Waals surface area contributed by atoms with Crippen molar-refractivity contribution >= 4 is 47.5 Å². The van der Waals surface area contributed by atoms with Crippen LogP contribution in [0, 0.1) is 6.92 Å². The van der Waals surface area contributed by atoms with Gasteiger partial charge in [-0.1, -0.05) is 6.08 Å². The highest BCUT2D eigenvalue weighted by Crippen LogP contribution is 2.40. The van der Waals surface area contributed by atoms with Gasteiger partial charge in [-0.25, -0.2) is 9.78 Å². The SMILES string of the molecule is Cc1ncsc1/C=C/C1=C(C(=O)O)N2C(=O)[C@@H](NC=O)[C@H]2SC1. The van der Waals surface area contributed by atoms with Crippen LogP contribution in [-0.4, -0.2) is 50.4 Å². The first kappa shape index (κ1) is 15.8. The molecule has 0 aliphatic carbocycles. The quantitative estimate of drug-likeness (QED) is 0.602. The van der Waals surface area contributed by atoms with Gasteiger partial charge in [0.25, 0.3) is 5.91 Å². The summed E-state index contributed by atoms with van der Waals surface area (Å²) < 4.78 is 0. The van der Waals surface area contributed by atoms with E-state index in [4.69, 9.17) is 0 Å². The smallest absolute Gasteiger partial charge is 0.352 e. The van der Waals surface area contributed by atoms with E-state index in [0.717, 1.165) is 10.6 Å². The third kappa shape index (κ3) is 2.66. The summed E-state index contributed by atoms with van der Waals surface area (Å²) in [5.74, 6) is -1.08. The van der Waals surface area contributed by atoms with E-state index < -0.39 is 17.9 Å². The van der Waals surface area contributed by atoms with Crippen LogP contribution in [0.2, 0.25) is 0 Å². The molecule has 0 radical (unpaired) electrons. The van der Waals surface area contributed by atoms with Crippen LogP contribution in [0.1, 0.15) is 10.6 Å². The third-order valence-electron chi connectivity index (χ3n) is 3.67. The number of carboxylic acids is 1. The van der Waals surface area contributed by atoms with Gasteiger partial charge in [0.2, 0.25) is 6.41 Å². The first-order valence-electron chi connectivity index (χ1n) is 6.73. The lowest BCUT2D eigenvalue weighted by Gasteiger charge is -2.48. The third-order valence-corrected chi connectivity index (χ3v) is 5.86. The number of hydrogen-bond acceptors (Lipinski definition) is 6. The maximum Gasteiger partial charge on any atom is 0.352 e. The van der Waals surface area contributed by atoms with E-state index in [-0.39, 0.29) is 11.1 Å². The molecule has 1 saturated heterocycles. The van der Waals surface area contributed by atoms with Gasteiger partial charge in [0.15, 0.2) is 0 Å². The second kappa shape index (κ2) is 6.17. The van der Waals surface area contributed by atoms with Crippen LogP contribution in [0.3, 0.4) is 0 Å². The largest absolute Gasteiger partial charge is 0.477 e. The van der Waals surface area contributed by atoms with Gasteiger partial charge in [-0.3, -0.25) is 14.5 Å². The molecule has 2 aliphatic heterocycles. The number of fused-ring (bicyclic) bond motifs is 1. The summed E-state index contributed by atoms with van der Waals surface area (Å²) >= 11 is 2.90. The number of carbonyl (C=O) groups excluding carboxylic acids is 2. The number of aryl methyl sites for hydroxylation is 1. The van der Waals surface area contributed by atoms with Gasteiger partial charge in [0.05, 0.1) is 11.2 Å². The molecule has 7 nitrogen and oxygen atoms in total. The zero-order valence-corrected chi connectivity index (χ0v) is 13.7. The second-order valence-electron chi connectivity index (χ2n) is 4.99. The predicted molar refractivity (Wildman–Crippen MR) is 86.6 cm³/mol. The molecule has 2 aliphatic rings. The van der Waals surface area contributed by atoms with E-state index in [0.29, 0.717) is 17.7 Å². The molecule has 0 saturated carbocycles. The topological polar surface area (TPSA) is 99.6 Å². The number of β-lactam (4-membered cyclic amide) rings is 1. The minimum atomic E-state index is -1.14. The summed E-state index contributed by atoms with van der Waals surface area (Å²) in [6.07, 6.45) is 4.01. The lowest BCUT2D eigenvalue weighted by Crippen LogP contribution is -2.69. The van der Waals surface area contributed by atoms with E-state index in [9.17, 15) is 19.5 Å². The number of thiazole rings is 1. The Bertz CT molecular complexity index is 740. The van der Waals surface area contributed by atoms with E-state index in [1.807, 2.05) is 13.0 Å². The van der Waals surface area contributed by atoms with Crippen molar-refractivity contribution in [2.45, 2.75) is 18.3 Å². The van der Waals surface area contributed by atoms with E-state index in [1.165, 1.54) is 28.0 Å². The number of amides is 2. The van der Waals surface area contributed by atoms with Gasteiger partial charge in [0.1, 0.15) is 17.1 Å². The molecule has 120 valence electrons. The Hall–Kier alpha value is -2.13. The predicted octanol–water partition coefficient (Wildman–Crippen LogP) is 0.833. The van der Waals surface area contributed by atoms with Gasteiger partial charge in [-0.05, 0) is 18.6 Å². The fourth-order valence-corrected chi connectivity index (χ4v) is 4.54. The minimum absolute atomic E-state index is 0.0129. The number of hydrogen-bond donors (Lipinski definition) is 2. The van der Waals surface area contributed by atoms with Gasteiger partial charge in [-0.15, -0.1) is 23.1 Å². The number of carbonyl (C=O) groups is 3. The van der Waals surface area contributed by atoms with Crippen LogP contribution in [0.4, 0.5) is 0 Å². The molecule has 1 fully saturated rings. The van der Waals surface area contributed by atoms with E-state index >= 15 is 0 Å². The van der Waals surface area contributed by atoms with Crippen LogP contribution >= 0.6 is 23.1 Å². The number of aliphatic carboxylic acids is 1. The molecule has 1 aromatic rings. The first-order chi connectivity index (χ1) is 11.0. The number of allylic oxidation sites excluding steroid dienone is 1. The average molecular weight is 351 g/mol. The maximum atomic E-state index is 12.1. The number of carboxylic acid groups (broad SMARTS) is 1. The van der Waals surface area contributed by atoms with Crippen LogP contribution in [0.25, 0.3) is 6.08 Å². The van der Waals surface area contributed by atoms with Crippen LogP contribution < -0.4 is 5.32 Å². The zero-order chi connectivity index (χ0) is 16.6. The average Bonchev–Trinajstić information content (AvgIpc) is 2.94. The molecule has 2 amide bonds. The summed E-state index contributed by atoms with van der Waals surface area (Å²) in [6.45, 7) is 1.88. The summed E-state index contributed by atoms with van der Waals surface area (Å²) in [4.78, 5) is 40.6. The lowest BCUT2D eigenvalue weighted by atomic mass is 10.0. The summed E-state index contributed by atoms with van der Waals surface area (Å²) in [6, 6.07) is -0.652. The number of rotatable bonds is 5. The summed E-state index contributed by atoms with van der Waals surface area (Å²) in [7, 11) is 0. The first-order valence-corrected chi connectivity index (χ1v) is 8.66. The lowest BCUT2D eigenvalue weighted by molar-refractivity contribution is -0.149. The number of aromatic nitrogens is 1. The zero-order valence-electron chi connectivity index (χ0n) is 12.1. The fraction of sp³-hybridized carbons (Fsp3) is 0.286. The molecule has 0 spiro atoms. The van der Waals surface area contributed by atoms with Crippen molar-refractivity contribution in [3.63, 3.8) is 0 Å². The van der Waals surface area contributed by atoms with Gasteiger partial charge in [0, 0.05) is 10.6 Å². The van der Waals surface area contributed by atoms with Gasteiger partial charge in [-0.2, -0.15) is 0 Å². The van der Waals surface area contributed by atoms with Crippen LogP contribution in [0.15, 0.2) is 22.9 Å². The second-order valence-corrected chi connectivity index (χ2v) is 6.98. The minimum Gasteiger partial charge on any atom is -0.477 e. The molecular formula is C14H13N3O4S2. The van der Waals surface area contributed by atoms with Crippen molar-refractivity contribution in [2.24, 2.45) is 0 Å². The van der Waals surface area contributed by atoms with Crippen molar-refractivity contribution in [1.29, 1.82) is 0 Å². The standard InChI is InChI=1S/C14H13N3O4S2/c1-7-9(23-6-16-7)3-2-8-4-22-13-10(15-5-18)12(19)17(13)11(8)14(20)21/h2-3,5-6,10,13H,4H2,1H3,(H,15,18)(H,20,21)/b3-2+/t10-,13-/m1/s1. The number of thioether (sulfide) groups is 1. The van der Waals surface area contributed by atoms with Crippen LogP contribution in [-0.2, 0) is 14.4 Å².